The highest BCUT2D eigenvalue weighted by atomic mass is 16.5. The van der Waals surface area contributed by atoms with Gasteiger partial charge >= 0.3 is 0 Å². The second-order valence-electron chi connectivity index (χ2n) is 8.11. The van der Waals surface area contributed by atoms with Crippen molar-refractivity contribution in [2.75, 3.05) is 5.32 Å². The van der Waals surface area contributed by atoms with Gasteiger partial charge in [-0.2, -0.15) is 9.50 Å². The molecule has 0 atom stereocenters. The molecule has 0 aliphatic carbocycles. The number of ether oxygens (including phenoxy) is 1. The molecule has 5 rings (SSSR count). The van der Waals surface area contributed by atoms with E-state index in [1.165, 1.54) is 0 Å². The quantitative estimate of drug-likeness (QED) is 0.297. The number of anilines is 1. The van der Waals surface area contributed by atoms with Crippen LogP contribution in [0.25, 0.3) is 17.2 Å². The summed E-state index contributed by atoms with van der Waals surface area (Å²) < 4.78 is 7.57. The van der Waals surface area contributed by atoms with Gasteiger partial charge in [-0.3, -0.25) is 4.79 Å². The first kappa shape index (κ1) is 22.3. The van der Waals surface area contributed by atoms with Gasteiger partial charge in [-0.05, 0) is 37.1 Å². The van der Waals surface area contributed by atoms with Gasteiger partial charge < -0.3 is 10.1 Å². The van der Waals surface area contributed by atoms with Crippen molar-refractivity contribution in [3.8, 4) is 22.9 Å². The molecule has 0 unspecified atom stereocenters. The third-order valence-corrected chi connectivity index (χ3v) is 5.53. The topological polar surface area (TPSA) is 81.4 Å². The zero-order chi connectivity index (χ0) is 24.0. The zero-order valence-electron chi connectivity index (χ0n) is 19.4. The largest absolute Gasteiger partial charge is 0.457 e. The number of unbranched alkanes of at least 4 members (excludes halogenated alkanes) is 1. The van der Waals surface area contributed by atoms with Crippen LogP contribution < -0.4 is 10.1 Å². The number of benzene rings is 3. The predicted molar refractivity (Wildman–Crippen MR) is 136 cm³/mol. The Morgan fingerprint density at radius 1 is 0.914 bits per heavy atom. The number of rotatable bonds is 8. The van der Waals surface area contributed by atoms with Gasteiger partial charge in [0.15, 0.2) is 5.82 Å². The molecule has 1 amide bonds. The van der Waals surface area contributed by atoms with Crippen LogP contribution in [0.2, 0.25) is 0 Å². The summed E-state index contributed by atoms with van der Waals surface area (Å²) in [4.78, 5) is 22.7. The Bertz CT molecular complexity index is 1450. The number of hydrogen-bond donors (Lipinski definition) is 1. The maximum absolute atomic E-state index is 13.4. The lowest BCUT2D eigenvalue weighted by molar-refractivity contribution is 0.102. The van der Waals surface area contributed by atoms with E-state index in [1.807, 2.05) is 78.9 Å². The van der Waals surface area contributed by atoms with Crippen molar-refractivity contribution < 1.29 is 9.53 Å². The van der Waals surface area contributed by atoms with Crippen LogP contribution in [0.1, 0.15) is 35.8 Å². The van der Waals surface area contributed by atoms with Gasteiger partial charge in [0.2, 0.25) is 0 Å². The first-order valence-corrected chi connectivity index (χ1v) is 11.7. The van der Waals surface area contributed by atoms with E-state index in [1.54, 1.807) is 16.6 Å². The molecule has 0 saturated heterocycles. The summed E-state index contributed by atoms with van der Waals surface area (Å²) in [5.74, 6) is 2.33. The van der Waals surface area contributed by atoms with Gasteiger partial charge in [-0.25, -0.2) is 4.98 Å². The van der Waals surface area contributed by atoms with Crippen LogP contribution in [-0.2, 0) is 6.42 Å². The standard InChI is InChI=1S/C28H25N5O2/c1-2-3-14-21-19-25(33-28(29-21)31-26(32-33)20-12-6-4-7-13-20)30-27(34)23-17-10-11-18-24(23)35-22-15-8-5-9-16-22/h4-13,15-19H,2-3,14H2,1H3,(H,30,34). The normalized spacial score (nSPS) is 10.9. The molecule has 0 saturated carbocycles. The van der Waals surface area contributed by atoms with Crippen molar-refractivity contribution in [1.82, 2.24) is 19.6 Å². The number of nitrogens with zero attached hydrogens (tertiary/aromatic N) is 4. The highest BCUT2D eigenvalue weighted by molar-refractivity contribution is 6.06. The van der Waals surface area contributed by atoms with Crippen molar-refractivity contribution in [3.63, 3.8) is 0 Å². The second kappa shape index (κ2) is 10.2. The summed E-state index contributed by atoms with van der Waals surface area (Å²) in [6, 6.07) is 28.1. The number of amides is 1. The van der Waals surface area contributed by atoms with E-state index in [0.717, 1.165) is 30.5 Å². The van der Waals surface area contributed by atoms with Gasteiger partial charge in [-0.1, -0.05) is 74.0 Å². The van der Waals surface area contributed by atoms with Crippen molar-refractivity contribution >= 4 is 17.5 Å². The average Bonchev–Trinajstić information content (AvgIpc) is 3.33. The maximum Gasteiger partial charge on any atom is 0.260 e. The summed E-state index contributed by atoms with van der Waals surface area (Å²) in [6.07, 6.45) is 2.82. The van der Waals surface area contributed by atoms with Crippen LogP contribution in [0, 0.1) is 0 Å². The Morgan fingerprint density at radius 2 is 1.63 bits per heavy atom. The van der Waals surface area contributed by atoms with Crippen LogP contribution >= 0.6 is 0 Å². The summed E-state index contributed by atoms with van der Waals surface area (Å²) in [7, 11) is 0. The maximum atomic E-state index is 13.4. The molecule has 2 aromatic heterocycles. The summed E-state index contributed by atoms with van der Waals surface area (Å²) >= 11 is 0. The molecule has 0 spiro atoms. The molecule has 3 aromatic carbocycles. The highest BCUT2D eigenvalue weighted by Crippen LogP contribution is 2.26. The summed E-state index contributed by atoms with van der Waals surface area (Å²) in [5, 5.41) is 7.65. The van der Waals surface area contributed by atoms with Crippen molar-refractivity contribution in [1.29, 1.82) is 0 Å². The fraction of sp³-hybridized carbons (Fsp3) is 0.143. The molecule has 2 heterocycles. The Morgan fingerprint density at radius 3 is 2.40 bits per heavy atom. The molecule has 1 N–H and O–H groups in total. The van der Waals surface area contributed by atoms with Crippen LogP contribution in [0.3, 0.4) is 0 Å². The van der Waals surface area contributed by atoms with Gasteiger partial charge in [0.05, 0.1) is 5.56 Å². The van der Waals surface area contributed by atoms with Gasteiger partial charge in [-0.15, -0.1) is 5.10 Å². The minimum atomic E-state index is -0.303. The fourth-order valence-electron chi connectivity index (χ4n) is 3.74. The lowest BCUT2D eigenvalue weighted by Gasteiger charge is -2.12. The molecule has 7 heteroatoms. The van der Waals surface area contributed by atoms with Crippen LogP contribution in [0.4, 0.5) is 5.82 Å². The SMILES string of the molecule is CCCCc1cc(NC(=O)c2ccccc2Oc2ccccc2)n2nc(-c3ccccc3)nc2n1. The minimum Gasteiger partial charge on any atom is -0.457 e. The van der Waals surface area contributed by atoms with Crippen molar-refractivity contribution in [3.05, 3.63) is 102 Å². The fourth-order valence-corrected chi connectivity index (χ4v) is 3.74. The lowest BCUT2D eigenvalue weighted by Crippen LogP contribution is -2.16. The molecule has 0 radical (unpaired) electrons. The number of aromatic nitrogens is 4. The number of para-hydroxylation sites is 2. The van der Waals surface area contributed by atoms with Crippen LogP contribution in [0.5, 0.6) is 11.5 Å². The Labute approximate surface area is 203 Å². The Hall–Kier alpha value is -4.52. The van der Waals surface area contributed by atoms with Crippen molar-refractivity contribution in [2.45, 2.75) is 26.2 Å². The van der Waals surface area contributed by atoms with Gasteiger partial charge in [0.1, 0.15) is 17.3 Å². The van der Waals surface area contributed by atoms with E-state index in [4.69, 9.17) is 4.74 Å². The Balaban J connectivity index is 1.50. The number of carbonyl (C=O) groups is 1. The number of carbonyl (C=O) groups excluding carboxylic acids is 1. The summed E-state index contributed by atoms with van der Waals surface area (Å²) in [6.45, 7) is 2.13. The molecule has 0 aliphatic heterocycles. The lowest BCUT2D eigenvalue weighted by atomic mass is 10.1. The third-order valence-electron chi connectivity index (χ3n) is 5.53. The van der Waals surface area contributed by atoms with E-state index >= 15 is 0 Å². The molecule has 35 heavy (non-hydrogen) atoms. The van der Waals surface area contributed by atoms with E-state index in [9.17, 15) is 4.79 Å². The van der Waals surface area contributed by atoms with E-state index < -0.39 is 0 Å². The van der Waals surface area contributed by atoms with E-state index in [2.05, 4.69) is 27.3 Å². The molecule has 0 bridgehead atoms. The molecular weight excluding hydrogens is 438 g/mol. The molecule has 0 aliphatic rings. The smallest absolute Gasteiger partial charge is 0.260 e. The van der Waals surface area contributed by atoms with Gasteiger partial charge in [0.25, 0.3) is 11.7 Å². The number of hydrogen-bond acceptors (Lipinski definition) is 5. The number of nitrogens with one attached hydrogen (secondary N) is 1. The van der Waals surface area contributed by atoms with Crippen LogP contribution in [0.15, 0.2) is 91.0 Å². The number of fused-ring (bicyclic) bond motifs is 1. The second-order valence-corrected chi connectivity index (χ2v) is 8.11. The van der Waals surface area contributed by atoms with Gasteiger partial charge in [0, 0.05) is 17.3 Å². The molecule has 7 nitrogen and oxygen atoms in total. The highest BCUT2D eigenvalue weighted by Gasteiger charge is 2.18. The Kier molecular flexibility index (Phi) is 6.48. The van der Waals surface area contributed by atoms with E-state index in [-0.39, 0.29) is 5.91 Å². The first-order chi connectivity index (χ1) is 17.2. The zero-order valence-corrected chi connectivity index (χ0v) is 19.4. The average molecular weight is 464 g/mol. The molecule has 0 fully saturated rings. The summed E-state index contributed by atoms with van der Waals surface area (Å²) in [5.41, 5.74) is 2.15. The third kappa shape index (κ3) is 5.04. The first-order valence-electron chi connectivity index (χ1n) is 11.7. The van der Waals surface area contributed by atoms with Crippen molar-refractivity contribution in [2.24, 2.45) is 0 Å². The molecular formula is C28H25N5O2. The van der Waals surface area contributed by atoms with E-state index in [0.29, 0.717) is 34.5 Å². The number of aryl methyl sites for hydroxylation is 1. The molecule has 5 aromatic rings. The monoisotopic (exact) mass is 463 g/mol. The molecule has 174 valence electrons. The minimum absolute atomic E-state index is 0.303. The van der Waals surface area contributed by atoms with Crippen LogP contribution in [-0.4, -0.2) is 25.5 Å². The predicted octanol–water partition coefficient (Wildman–Crippen LogP) is 6.18.